The fraction of sp³-hybridized carbons (Fsp3) is 0.125. The first-order chi connectivity index (χ1) is 10.7. The maximum atomic E-state index is 14.1. The highest BCUT2D eigenvalue weighted by Crippen LogP contribution is 2.21. The molecule has 0 radical (unpaired) electrons. The van der Waals surface area contributed by atoms with Gasteiger partial charge in [0.05, 0.1) is 16.9 Å². The van der Waals surface area contributed by atoms with Crippen LogP contribution in [0.25, 0.3) is 5.69 Å². The predicted octanol–water partition coefficient (Wildman–Crippen LogP) is 3.89. The number of anilines is 1. The molecule has 4 nitrogen and oxygen atoms in total. The van der Waals surface area contributed by atoms with Crippen LogP contribution >= 0.6 is 11.3 Å². The molecule has 0 bridgehead atoms. The Bertz CT molecular complexity index is 796. The van der Waals surface area contributed by atoms with Gasteiger partial charge in [0.2, 0.25) is 0 Å². The number of hydrogen-bond acceptors (Lipinski definition) is 3. The van der Waals surface area contributed by atoms with Gasteiger partial charge in [-0.05, 0) is 36.8 Å². The van der Waals surface area contributed by atoms with Gasteiger partial charge in [-0.2, -0.15) is 0 Å². The number of amides is 1. The summed E-state index contributed by atoms with van der Waals surface area (Å²) in [5.41, 5.74) is 0.817. The smallest absolute Gasteiger partial charge is 0.265 e. The summed E-state index contributed by atoms with van der Waals surface area (Å²) in [5.74, 6) is -0.643. The van der Waals surface area contributed by atoms with Crippen LogP contribution in [-0.4, -0.2) is 15.5 Å². The quantitative estimate of drug-likeness (QED) is 0.794. The second-order valence-electron chi connectivity index (χ2n) is 4.71. The standard InChI is InChI=1S/C16H14FN3OS/c1-2-12-4-6-15(22-12)16(21)19-11-3-5-14(13(17)9-11)20-8-7-18-10-20/h3-10H,2H2,1H3,(H,19,21). The number of nitrogens with zero attached hydrogens (tertiary/aromatic N) is 2. The predicted molar refractivity (Wildman–Crippen MR) is 85.2 cm³/mol. The Morgan fingerprint density at radius 1 is 1.36 bits per heavy atom. The number of hydrogen-bond donors (Lipinski definition) is 1. The van der Waals surface area contributed by atoms with E-state index in [9.17, 15) is 9.18 Å². The summed E-state index contributed by atoms with van der Waals surface area (Å²) in [4.78, 5) is 17.8. The third-order valence-electron chi connectivity index (χ3n) is 3.22. The number of halogens is 1. The van der Waals surface area contributed by atoms with Gasteiger partial charge in [-0.3, -0.25) is 4.79 Å². The molecule has 1 amide bonds. The molecule has 3 aromatic rings. The van der Waals surface area contributed by atoms with E-state index < -0.39 is 5.82 Å². The van der Waals surface area contributed by atoms with E-state index in [2.05, 4.69) is 10.3 Å². The van der Waals surface area contributed by atoms with Gasteiger partial charge in [-0.25, -0.2) is 9.37 Å². The first-order valence-corrected chi connectivity index (χ1v) is 7.67. The molecule has 112 valence electrons. The van der Waals surface area contributed by atoms with Crippen molar-refractivity contribution in [3.05, 3.63) is 64.6 Å². The van der Waals surface area contributed by atoms with E-state index in [0.29, 0.717) is 16.3 Å². The normalized spacial score (nSPS) is 10.6. The van der Waals surface area contributed by atoms with Gasteiger partial charge in [0.15, 0.2) is 0 Å². The van der Waals surface area contributed by atoms with Crippen molar-refractivity contribution in [3.63, 3.8) is 0 Å². The van der Waals surface area contributed by atoms with Crippen LogP contribution < -0.4 is 5.32 Å². The number of benzene rings is 1. The number of aryl methyl sites for hydroxylation is 1. The summed E-state index contributed by atoms with van der Waals surface area (Å²) in [6.07, 6.45) is 5.66. The molecule has 0 atom stereocenters. The van der Waals surface area contributed by atoms with E-state index in [0.717, 1.165) is 11.3 Å². The number of imidazole rings is 1. The van der Waals surface area contributed by atoms with Gasteiger partial charge < -0.3 is 9.88 Å². The minimum atomic E-state index is -0.420. The van der Waals surface area contributed by atoms with Gasteiger partial charge >= 0.3 is 0 Å². The molecule has 0 saturated heterocycles. The van der Waals surface area contributed by atoms with Gasteiger partial charge in [0, 0.05) is 23.0 Å². The molecule has 22 heavy (non-hydrogen) atoms. The van der Waals surface area contributed by atoms with E-state index in [1.165, 1.54) is 23.7 Å². The van der Waals surface area contributed by atoms with Crippen molar-refractivity contribution in [2.75, 3.05) is 5.32 Å². The molecule has 2 heterocycles. The molecule has 0 saturated carbocycles. The summed E-state index contributed by atoms with van der Waals surface area (Å²) in [6, 6.07) is 8.31. The molecule has 0 aliphatic heterocycles. The topological polar surface area (TPSA) is 46.9 Å². The molecular formula is C16H14FN3OS. The zero-order chi connectivity index (χ0) is 15.5. The minimum Gasteiger partial charge on any atom is -0.321 e. The first kappa shape index (κ1) is 14.5. The summed E-state index contributed by atoms with van der Waals surface area (Å²) in [5, 5.41) is 2.72. The fourth-order valence-corrected chi connectivity index (χ4v) is 2.92. The van der Waals surface area contributed by atoms with Gasteiger partial charge in [0.1, 0.15) is 5.82 Å². The second kappa shape index (κ2) is 6.11. The van der Waals surface area contributed by atoms with Crippen LogP contribution in [0.2, 0.25) is 0 Å². The second-order valence-corrected chi connectivity index (χ2v) is 5.88. The van der Waals surface area contributed by atoms with Crippen molar-refractivity contribution in [2.45, 2.75) is 13.3 Å². The molecule has 2 aromatic heterocycles. The van der Waals surface area contributed by atoms with Crippen molar-refractivity contribution in [1.82, 2.24) is 9.55 Å². The molecule has 3 rings (SSSR count). The molecule has 0 aliphatic rings. The third-order valence-corrected chi connectivity index (χ3v) is 4.45. The highest BCUT2D eigenvalue weighted by atomic mass is 32.1. The van der Waals surface area contributed by atoms with Gasteiger partial charge in [0.25, 0.3) is 5.91 Å². The lowest BCUT2D eigenvalue weighted by Crippen LogP contribution is -2.10. The molecule has 0 spiro atoms. The van der Waals surface area contributed by atoms with Gasteiger partial charge in [-0.15, -0.1) is 11.3 Å². The SMILES string of the molecule is CCc1ccc(C(=O)Nc2ccc(-n3ccnc3)c(F)c2)s1. The van der Waals surface area contributed by atoms with E-state index in [-0.39, 0.29) is 5.91 Å². The third kappa shape index (κ3) is 2.92. The maximum absolute atomic E-state index is 14.1. The zero-order valence-electron chi connectivity index (χ0n) is 11.9. The number of carbonyl (C=O) groups is 1. The molecule has 6 heteroatoms. The monoisotopic (exact) mass is 315 g/mol. The number of thiophene rings is 1. The highest BCUT2D eigenvalue weighted by Gasteiger charge is 2.11. The largest absolute Gasteiger partial charge is 0.321 e. The number of rotatable bonds is 4. The molecular weight excluding hydrogens is 301 g/mol. The van der Waals surface area contributed by atoms with Crippen LogP contribution in [0.3, 0.4) is 0 Å². The molecule has 0 unspecified atom stereocenters. The van der Waals surface area contributed by atoms with E-state index in [1.807, 2.05) is 13.0 Å². The van der Waals surface area contributed by atoms with E-state index in [4.69, 9.17) is 0 Å². The first-order valence-electron chi connectivity index (χ1n) is 6.85. The van der Waals surface area contributed by atoms with Gasteiger partial charge in [-0.1, -0.05) is 6.92 Å². The van der Waals surface area contributed by atoms with Crippen molar-refractivity contribution in [1.29, 1.82) is 0 Å². The van der Waals surface area contributed by atoms with Crippen molar-refractivity contribution in [3.8, 4) is 5.69 Å². The van der Waals surface area contributed by atoms with Crippen LogP contribution in [0.15, 0.2) is 49.1 Å². The summed E-state index contributed by atoms with van der Waals surface area (Å²) in [7, 11) is 0. The Labute approximate surface area is 131 Å². The Morgan fingerprint density at radius 3 is 2.86 bits per heavy atom. The van der Waals surface area contributed by atoms with Crippen LogP contribution in [0.1, 0.15) is 21.5 Å². The maximum Gasteiger partial charge on any atom is 0.265 e. The minimum absolute atomic E-state index is 0.223. The lowest BCUT2D eigenvalue weighted by atomic mass is 10.2. The van der Waals surface area contributed by atoms with Crippen molar-refractivity contribution in [2.24, 2.45) is 0 Å². The summed E-state index contributed by atoms with van der Waals surface area (Å²) in [6.45, 7) is 2.04. The van der Waals surface area contributed by atoms with Crippen LogP contribution in [0.4, 0.5) is 10.1 Å². The van der Waals surface area contributed by atoms with Crippen LogP contribution in [0, 0.1) is 5.82 Å². The Balaban J connectivity index is 1.78. The fourth-order valence-electron chi connectivity index (χ4n) is 2.08. The molecule has 1 N–H and O–H groups in total. The summed E-state index contributed by atoms with van der Waals surface area (Å²) < 4.78 is 15.7. The van der Waals surface area contributed by atoms with E-state index >= 15 is 0 Å². The van der Waals surface area contributed by atoms with Crippen LogP contribution in [-0.2, 0) is 6.42 Å². The number of nitrogens with one attached hydrogen (secondary N) is 1. The number of aromatic nitrogens is 2. The number of carbonyl (C=O) groups excluding carboxylic acids is 1. The lowest BCUT2D eigenvalue weighted by molar-refractivity contribution is 0.103. The average Bonchev–Trinajstić information content (AvgIpc) is 3.19. The average molecular weight is 315 g/mol. The molecule has 1 aromatic carbocycles. The molecule has 0 fully saturated rings. The highest BCUT2D eigenvalue weighted by molar-refractivity contribution is 7.14. The zero-order valence-corrected chi connectivity index (χ0v) is 12.7. The van der Waals surface area contributed by atoms with Crippen molar-refractivity contribution >= 4 is 22.9 Å². The Hall–Kier alpha value is -2.47. The Morgan fingerprint density at radius 2 is 2.23 bits per heavy atom. The summed E-state index contributed by atoms with van der Waals surface area (Å²) >= 11 is 1.45. The van der Waals surface area contributed by atoms with Crippen molar-refractivity contribution < 1.29 is 9.18 Å². The lowest BCUT2D eigenvalue weighted by Gasteiger charge is -2.07. The molecule has 0 aliphatic carbocycles. The Kier molecular flexibility index (Phi) is 4.02. The van der Waals surface area contributed by atoms with E-state index in [1.54, 1.807) is 35.2 Å². The van der Waals surface area contributed by atoms with Crippen LogP contribution in [0.5, 0.6) is 0 Å².